The second kappa shape index (κ2) is 6.55. The fourth-order valence-corrected chi connectivity index (χ4v) is 5.17. The Morgan fingerprint density at radius 2 is 1.71 bits per heavy atom. The number of hydrogen-bond acceptors (Lipinski definition) is 3. The summed E-state index contributed by atoms with van der Waals surface area (Å²) in [6.45, 7) is 4.80. The largest absolute Gasteiger partial charge is 0.314 e. The van der Waals surface area contributed by atoms with Crippen LogP contribution in [0.5, 0.6) is 0 Å². The molecule has 0 radical (unpaired) electrons. The Morgan fingerprint density at radius 3 is 2.24 bits per heavy atom. The van der Waals surface area contributed by atoms with Crippen molar-refractivity contribution >= 4 is 0 Å². The van der Waals surface area contributed by atoms with Gasteiger partial charge in [0.1, 0.15) is 0 Å². The van der Waals surface area contributed by atoms with Crippen molar-refractivity contribution in [1.29, 1.82) is 0 Å². The summed E-state index contributed by atoms with van der Waals surface area (Å²) in [5, 5.41) is 3.78. The zero-order valence-electron chi connectivity index (χ0n) is 14.4. The van der Waals surface area contributed by atoms with Crippen molar-refractivity contribution in [2.24, 2.45) is 0 Å². The molecule has 3 heteroatoms. The molecule has 3 aliphatic rings. The molecule has 2 unspecified atom stereocenters. The molecule has 1 saturated carbocycles. The molecule has 2 atom stereocenters. The maximum absolute atomic E-state index is 3.78. The van der Waals surface area contributed by atoms with Crippen molar-refractivity contribution in [2.75, 3.05) is 27.2 Å². The van der Waals surface area contributed by atoms with Crippen molar-refractivity contribution < 1.29 is 0 Å². The average molecular weight is 293 g/mol. The third kappa shape index (κ3) is 3.16. The van der Waals surface area contributed by atoms with Crippen LogP contribution in [0.15, 0.2) is 0 Å². The third-order valence-electron chi connectivity index (χ3n) is 6.53. The Labute approximate surface area is 131 Å². The van der Waals surface area contributed by atoms with Gasteiger partial charge in [0.05, 0.1) is 0 Å². The molecule has 2 heterocycles. The number of fused-ring (bicyclic) bond motifs is 2. The number of rotatable bonds is 6. The first-order chi connectivity index (χ1) is 10.1. The molecular weight excluding hydrogens is 258 g/mol. The van der Waals surface area contributed by atoms with Crippen LogP contribution in [0.1, 0.15) is 64.7 Å². The Bertz CT molecular complexity index is 321. The molecule has 3 rings (SSSR count). The van der Waals surface area contributed by atoms with Crippen LogP contribution in [0.4, 0.5) is 0 Å². The second-order valence-electron chi connectivity index (χ2n) is 8.01. The minimum Gasteiger partial charge on any atom is -0.314 e. The lowest BCUT2D eigenvalue weighted by Crippen LogP contribution is -2.57. The van der Waals surface area contributed by atoms with E-state index in [0.29, 0.717) is 5.54 Å². The molecule has 1 N–H and O–H groups in total. The predicted molar refractivity (Wildman–Crippen MR) is 89.7 cm³/mol. The molecule has 2 bridgehead atoms. The van der Waals surface area contributed by atoms with E-state index in [1.165, 1.54) is 70.9 Å². The van der Waals surface area contributed by atoms with E-state index in [-0.39, 0.29) is 0 Å². The first kappa shape index (κ1) is 15.8. The SMILES string of the molecule is CCCNC1CC2CCC(C1)N2CC1(N(C)C)CCCC1. The molecule has 3 nitrogen and oxygen atoms in total. The Hall–Kier alpha value is -0.120. The van der Waals surface area contributed by atoms with Crippen LogP contribution in [0.25, 0.3) is 0 Å². The second-order valence-corrected chi connectivity index (χ2v) is 8.01. The lowest BCUT2D eigenvalue weighted by molar-refractivity contribution is 0.0380. The first-order valence-corrected chi connectivity index (χ1v) is 9.31. The third-order valence-corrected chi connectivity index (χ3v) is 6.53. The van der Waals surface area contributed by atoms with Crippen LogP contribution in [-0.2, 0) is 0 Å². The van der Waals surface area contributed by atoms with Crippen molar-refractivity contribution in [3.8, 4) is 0 Å². The van der Waals surface area contributed by atoms with E-state index in [1.807, 2.05) is 0 Å². The number of nitrogens with one attached hydrogen (secondary N) is 1. The quantitative estimate of drug-likeness (QED) is 0.812. The summed E-state index contributed by atoms with van der Waals surface area (Å²) in [5.41, 5.74) is 0.477. The van der Waals surface area contributed by atoms with E-state index in [1.54, 1.807) is 0 Å². The minimum atomic E-state index is 0.477. The van der Waals surface area contributed by atoms with E-state index >= 15 is 0 Å². The van der Waals surface area contributed by atoms with Crippen LogP contribution >= 0.6 is 0 Å². The maximum atomic E-state index is 3.78. The zero-order valence-corrected chi connectivity index (χ0v) is 14.4. The highest BCUT2D eigenvalue weighted by Crippen LogP contribution is 2.41. The molecule has 122 valence electrons. The highest BCUT2D eigenvalue weighted by Gasteiger charge is 2.46. The van der Waals surface area contributed by atoms with E-state index in [0.717, 1.165) is 18.1 Å². The van der Waals surface area contributed by atoms with Gasteiger partial charge in [0, 0.05) is 30.2 Å². The monoisotopic (exact) mass is 293 g/mol. The molecule has 0 spiro atoms. The van der Waals surface area contributed by atoms with Gasteiger partial charge in [-0.25, -0.2) is 0 Å². The predicted octanol–water partition coefficient (Wildman–Crippen LogP) is 2.86. The Kier molecular flexibility index (Phi) is 4.92. The summed E-state index contributed by atoms with van der Waals surface area (Å²) in [7, 11) is 4.62. The smallest absolute Gasteiger partial charge is 0.0330 e. The Balaban J connectivity index is 1.62. The summed E-state index contributed by atoms with van der Waals surface area (Å²) in [4.78, 5) is 5.45. The average Bonchev–Trinajstić information content (AvgIpc) is 3.02. The van der Waals surface area contributed by atoms with Crippen molar-refractivity contribution in [1.82, 2.24) is 15.1 Å². The molecule has 1 aliphatic carbocycles. The van der Waals surface area contributed by atoms with Crippen molar-refractivity contribution in [3.63, 3.8) is 0 Å². The molecule has 0 aromatic heterocycles. The standard InChI is InChI=1S/C18H35N3/c1-4-11-19-15-12-16-7-8-17(13-15)21(16)14-18(20(2)3)9-5-6-10-18/h15-17,19H,4-14H2,1-3H3. The zero-order chi connectivity index (χ0) is 14.9. The molecule has 21 heavy (non-hydrogen) atoms. The van der Waals surface area contributed by atoms with Crippen LogP contribution in [0, 0.1) is 0 Å². The topological polar surface area (TPSA) is 18.5 Å². The van der Waals surface area contributed by atoms with Gasteiger partial charge in [-0.3, -0.25) is 4.90 Å². The normalized spacial score (nSPS) is 35.7. The summed E-state index contributed by atoms with van der Waals surface area (Å²) in [6, 6.07) is 2.50. The van der Waals surface area contributed by atoms with Gasteiger partial charge in [0.2, 0.25) is 0 Å². The van der Waals surface area contributed by atoms with Crippen LogP contribution in [0.3, 0.4) is 0 Å². The first-order valence-electron chi connectivity index (χ1n) is 9.31. The number of likely N-dealkylation sites (N-methyl/N-ethyl adjacent to an activating group) is 1. The van der Waals surface area contributed by atoms with Crippen molar-refractivity contribution in [2.45, 2.75) is 88.4 Å². The van der Waals surface area contributed by atoms with Gasteiger partial charge in [-0.05, 0) is 65.6 Å². The van der Waals surface area contributed by atoms with Gasteiger partial charge >= 0.3 is 0 Å². The molecular formula is C18H35N3. The summed E-state index contributed by atoms with van der Waals surface area (Å²) >= 11 is 0. The van der Waals surface area contributed by atoms with Crippen LogP contribution in [0.2, 0.25) is 0 Å². The molecule has 2 saturated heterocycles. The number of nitrogens with zero attached hydrogens (tertiary/aromatic N) is 2. The van der Waals surface area contributed by atoms with Crippen LogP contribution < -0.4 is 5.32 Å². The molecule has 2 aliphatic heterocycles. The maximum Gasteiger partial charge on any atom is 0.0330 e. The fourth-order valence-electron chi connectivity index (χ4n) is 5.17. The Morgan fingerprint density at radius 1 is 1.10 bits per heavy atom. The van der Waals surface area contributed by atoms with E-state index in [9.17, 15) is 0 Å². The molecule has 0 aromatic rings. The molecule has 0 amide bonds. The van der Waals surface area contributed by atoms with Gasteiger partial charge < -0.3 is 10.2 Å². The molecule has 0 aromatic carbocycles. The summed E-state index contributed by atoms with van der Waals surface area (Å²) in [5.74, 6) is 0. The number of piperidine rings is 1. The van der Waals surface area contributed by atoms with Gasteiger partial charge in [-0.2, -0.15) is 0 Å². The van der Waals surface area contributed by atoms with E-state index in [2.05, 4.69) is 36.1 Å². The van der Waals surface area contributed by atoms with Crippen molar-refractivity contribution in [3.05, 3.63) is 0 Å². The van der Waals surface area contributed by atoms with E-state index < -0.39 is 0 Å². The summed E-state index contributed by atoms with van der Waals surface area (Å²) < 4.78 is 0. The highest BCUT2D eigenvalue weighted by molar-refractivity contribution is 5.03. The van der Waals surface area contributed by atoms with Crippen LogP contribution in [-0.4, -0.2) is 60.6 Å². The molecule has 3 fully saturated rings. The lowest BCUT2D eigenvalue weighted by Gasteiger charge is -2.46. The number of hydrogen-bond donors (Lipinski definition) is 1. The van der Waals surface area contributed by atoms with Gasteiger partial charge in [-0.15, -0.1) is 0 Å². The van der Waals surface area contributed by atoms with E-state index in [4.69, 9.17) is 0 Å². The fraction of sp³-hybridized carbons (Fsp3) is 1.00. The lowest BCUT2D eigenvalue weighted by atomic mass is 9.90. The van der Waals surface area contributed by atoms with Gasteiger partial charge in [-0.1, -0.05) is 19.8 Å². The summed E-state index contributed by atoms with van der Waals surface area (Å²) in [6.07, 6.45) is 12.6. The highest BCUT2D eigenvalue weighted by atomic mass is 15.3. The van der Waals surface area contributed by atoms with Gasteiger partial charge in [0.25, 0.3) is 0 Å². The minimum absolute atomic E-state index is 0.477. The van der Waals surface area contributed by atoms with Gasteiger partial charge in [0.15, 0.2) is 0 Å².